The Labute approximate surface area is 119 Å². The molecule has 0 radical (unpaired) electrons. The van der Waals surface area contributed by atoms with Crippen molar-refractivity contribution in [2.75, 3.05) is 0 Å². The zero-order chi connectivity index (χ0) is 14.2. The van der Waals surface area contributed by atoms with Crippen molar-refractivity contribution in [3.05, 3.63) is 35.2 Å². The number of aryl methyl sites for hydroxylation is 2. The zero-order valence-electron chi connectivity index (χ0n) is 12.4. The predicted octanol–water partition coefficient (Wildman–Crippen LogP) is 3.11. The van der Waals surface area contributed by atoms with Gasteiger partial charge in [-0.2, -0.15) is 0 Å². The average Bonchev–Trinajstić information content (AvgIpc) is 3.03. The molecule has 1 aromatic carbocycles. The summed E-state index contributed by atoms with van der Waals surface area (Å²) in [7, 11) is 0. The molecule has 0 amide bonds. The Kier molecular flexibility index (Phi) is 3.34. The van der Waals surface area contributed by atoms with Crippen molar-refractivity contribution in [3.8, 4) is 11.5 Å². The number of nitrogens with one attached hydrogen (secondary N) is 1. The van der Waals surface area contributed by atoms with Gasteiger partial charge in [0.1, 0.15) is 0 Å². The molecular formula is C16H21N3O. The van der Waals surface area contributed by atoms with Crippen molar-refractivity contribution in [2.45, 2.75) is 52.1 Å². The minimum Gasteiger partial charge on any atom is -0.419 e. The van der Waals surface area contributed by atoms with Gasteiger partial charge in [0.2, 0.25) is 11.8 Å². The number of hydrogen-bond acceptors (Lipinski definition) is 4. The van der Waals surface area contributed by atoms with Gasteiger partial charge in [-0.15, -0.1) is 10.2 Å². The van der Waals surface area contributed by atoms with Crippen molar-refractivity contribution < 1.29 is 4.42 Å². The second-order valence-electron chi connectivity index (χ2n) is 6.44. The maximum absolute atomic E-state index is 5.74. The molecule has 0 bridgehead atoms. The highest BCUT2D eigenvalue weighted by Crippen LogP contribution is 2.27. The van der Waals surface area contributed by atoms with Crippen LogP contribution in [0.3, 0.4) is 0 Å². The summed E-state index contributed by atoms with van der Waals surface area (Å²) in [6.45, 7) is 6.95. The van der Waals surface area contributed by atoms with Crippen LogP contribution in [0.2, 0.25) is 0 Å². The second-order valence-corrected chi connectivity index (χ2v) is 6.44. The van der Waals surface area contributed by atoms with Gasteiger partial charge in [-0.25, -0.2) is 0 Å². The summed E-state index contributed by atoms with van der Waals surface area (Å²) in [6.07, 6.45) is 3.61. The third-order valence-electron chi connectivity index (χ3n) is 3.58. The summed E-state index contributed by atoms with van der Waals surface area (Å²) in [6, 6.07) is 6.46. The molecule has 4 nitrogen and oxygen atoms in total. The predicted molar refractivity (Wildman–Crippen MR) is 78.4 cm³/mol. The molecule has 106 valence electrons. The van der Waals surface area contributed by atoms with E-state index in [1.807, 2.05) is 0 Å². The molecule has 0 spiro atoms. The normalized spacial score (nSPS) is 14.6. The molecule has 4 heteroatoms. The van der Waals surface area contributed by atoms with E-state index >= 15 is 0 Å². The minimum absolute atomic E-state index is 0.0439. The summed E-state index contributed by atoms with van der Waals surface area (Å²) >= 11 is 0. The van der Waals surface area contributed by atoms with Gasteiger partial charge in [-0.3, -0.25) is 0 Å². The molecule has 1 N–H and O–H groups in total. The molecular weight excluding hydrogens is 250 g/mol. The van der Waals surface area contributed by atoms with Crippen molar-refractivity contribution >= 4 is 0 Å². The molecule has 2 aromatic rings. The number of nitrogens with zero attached hydrogens (tertiary/aromatic N) is 2. The Morgan fingerprint density at radius 3 is 2.75 bits per heavy atom. The molecule has 1 aromatic heterocycles. The first-order valence-electron chi connectivity index (χ1n) is 7.21. The van der Waals surface area contributed by atoms with Crippen LogP contribution in [-0.4, -0.2) is 15.7 Å². The van der Waals surface area contributed by atoms with Gasteiger partial charge >= 0.3 is 0 Å². The molecule has 1 aliphatic carbocycles. The number of rotatable bonds is 3. The molecule has 0 atom stereocenters. The molecule has 0 fully saturated rings. The molecule has 20 heavy (non-hydrogen) atoms. The number of fused-ring (bicyclic) bond motifs is 1. The van der Waals surface area contributed by atoms with Gasteiger partial charge in [0, 0.05) is 11.1 Å². The summed E-state index contributed by atoms with van der Waals surface area (Å²) in [4.78, 5) is 0. The Hall–Kier alpha value is -1.68. The van der Waals surface area contributed by atoms with Crippen LogP contribution in [0.1, 0.15) is 44.2 Å². The van der Waals surface area contributed by atoms with E-state index in [2.05, 4.69) is 54.5 Å². The van der Waals surface area contributed by atoms with Crippen molar-refractivity contribution in [3.63, 3.8) is 0 Å². The minimum atomic E-state index is 0.0439. The summed E-state index contributed by atoms with van der Waals surface area (Å²) in [5.74, 6) is 1.25. The van der Waals surface area contributed by atoms with Crippen LogP contribution >= 0.6 is 0 Å². The molecule has 3 rings (SSSR count). The third kappa shape index (κ3) is 2.90. The highest BCUT2D eigenvalue weighted by Gasteiger charge is 2.15. The largest absolute Gasteiger partial charge is 0.419 e. The Morgan fingerprint density at radius 2 is 1.95 bits per heavy atom. The fourth-order valence-corrected chi connectivity index (χ4v) is 2.49. The summed E-state index contributed by atoms with van der Waals surface area (Å²) in [5, 5.41) is 11.6. The van der Waals surface area contributed by atoms with Crippen LogP contribution in [0.4, 0.5) is 0 Å². The van der Waals surface area contributed by atoms with Gasteiger partial charge < -0.3 is 9.73 Å². The smallest absolute Gasteiger partial charge is 0.247 e. The Morgan fingerprint density at radius 1 is 1.15 bits per heavy atom. The number of benzene rings is 1. The quantitative estimate of drug-likeness (QED) is 0.932. The topological polar surface area (TPSA) is 51.0 Å². The SMILES string of the molecule is CC(C)(C)NCc1nnc(-c2ccc3c(c2)CCC3)o1. The average molecular weight is 271 g/mol. The Bertz CT molecular complexity index is 610. The maximum Gasteiger partial charge on any atom is 0.247 e. The highest BCUT2D eigenvalue weighted by atomic mass is 16.4. The van der Waals surface area contributed by atoms with Crippen LogP contribution in [0.15, 0.2) is 22.6 Å². The monoisotopic (exact) mass is 271 g/mol. The van der Waals surface area contributed by atoms with Crippen LogP contribution < -0.4 is 5.32 Å². The zero-order valence-corrected chi connectivity index (χ0v) is 12.4. The van der Waals surface area contributed by atoms with Gasteiger partial charge in [0.05, 0.1) is 6.54 Å². The van der Waals surface area contributed by atoms with Gasteiger partial charge in [0.25, 0.3) is 0 Å². The first-order valence-corrected chi connectivity index (χ1v) is 7.21. The maximum atomic E-state index is 5.74. The van der Waals surface area contributed by atoms with Crippen LogP contribution in [-0.2, 0) is 19.4 Å². The highest BCUT2D eigenvalue weighted by molar-refractivity contribution is 5.56. The first kappa shape index (κ1) is 13.3. The lowest BCUT2D eigenvalue weighted by Crippen LogP contribution is -2.35. The molecule has 1 aliphatic rings. The second kappa shape index (κ2) is 5.02. The van der Waals surface area contributed by atoms with Crippen molar-refractivity contribution in [1.29, 1.82) is 0 Å². The van der Waals surface area contributed by atoms with E-state index in [0.29, 0.717) is 18.3 Å². The van der Waals surface area contributed by atoms with E-state index in [1.165, 1.54) is 24.0 Å². The van der Waals surface area contributed by atoms with E-state index in [9.17, 15) is 0 Å². The van der Waals surface area contributed by atoms with E-state index in [-0.39, 0.29) is 5.54 Å². The lowest BCUT2D eigenvalue weighted by Gasteiger charge is -2.18. The van der Waals surface area contributed by atoms with Crippen molar-refractivity contribution in [2.24, 2.45) is 0 Å². The molecule has 0 aliphatic heterocycles. The molecule has 0 unspecified atom stereocenters. The number of aromatic nitrogens is 2. The van der Waals surface area contributed by atoms with E-state index in [1.54, 1.807) is 0 Å². The lowest BCUT2D eigenvalue weighted by molar-refractivity contribution is 0.383. The standard InChI is InChI=1S/C16H21N3O/c1-16(2,3)17-10-14-18-19-15(20-14)13-8-7-11-5-4-6-12(11)9-13/h7-9,17H,4-6,10H2,1-3H3. The fourth-order valence-electron chi connectivity index (χ4n) is 2.49. The van der Waals surface area contributed by atoms with Crippen LogP contribution in [0, 0.1) is 0 Å². The lowest BCUT2D eigenvalue weighted by atomic mass is 10.1. The van der Waals surface area contributed by atoms with Gasteiger partial charge in [-0.05, 0) is 63.3 Å². The summed E-state index contributed by atoms with van der Waals surface area (Å²) in [5.41, 5.74) is 3.96. The fraction of sp³-hybridized carbons (Fsp3) is 0.500. The molecule has 1 heterocycles. The third-order valence-corrected chi connectivity index (χ3v) is 3.58. The van der Waals surface area contributed by atoms with Gasteiger partial charge in [0.15, 0.2) is 0 Å². The first-order chi connectivity index (χ1) is 9.51. The number of hydrogen-bond donors (Lipinski definition) is 1. The summed E-state index contributed by atoms with van der Waals surface area (Å²) < 4.78 is 5.74. The van der Waals surface area contributed by atoms with Crippen LogP contribution in [0.5, 0.6) is 0 Å². The van der Waals surface area contributed by atoms with Crippen LogP contribution in [0.25, 0.3) is 11.5 Å². The molecule has 0 saturated carbocycles. The van der Waals surface area contributed by atoms with E-state index in [0.717, 1.165) is 12.0 Å². The van der Waals surface area contributed by atoms with Crippen molar-refractivity contribution in [1.82, 2.24) is 15.5 Å². The molecule has 0 saturated heterocycles. The van der Waals surface area contributed by atoms with E-state index < -0.39 is 0 Å². The van der Waals surface area contributed by atoms with E-state index in [4.69, 9.17) is 4.42 Å². The Balaban J connectivity index is 1.76. The van der Waals surface area contributed by atoms with Gasteiger partial charge in [-0.1, -0.05) is 6.07 Å².